The zero-order chi connectivity index (χ0) is 37.2. The van der Waals surface area contributed by atoms with E-state index in [4.69, 9.17) is 14.2 Å². The number of rotatable bonds is 13. The van der Waals surface area contributed by atoms with Gasteiger partial charge in [-0.3, -0.25) is 0 Å². The van der Waals surface area contributed by atoms with Gasteiger partial charge in [0.1, 0.15) is 19.8 Å². The van der Waals surface area contributed by atoms with E-state index >= 15 is 0 Å². The smallest absolute Gasteiger partial charge is 0.431 e. The highest BCUT2D eigenvalue weighted by atomic mass is 17.2. The summed E-state index contributed by atoms with van der Waals surface area (Å²) in [5.74, 6) is -2.92. The van der Waals surface area contributed by atoms with Crippen LogP contribution in [0.1, 0.15) is 81.9 Å². The van der Waals surface area contributed by atoms with E-state index in [2.05, 4.69) is 29.3 Å². The summed E-state index contributed by atoms with van der Waals surface area (Å²) in [7, 11) is 0. The molecule has 0 aliphatic carbocycles. The van der Waals surface area contributed by atoms with Crippen molar-refractivity contribution in [1.82, 2.24) is 0 Å². The van der Waals surface area contributed by atoms with E-state index < -0.39 is 61.6 Å². The van der Waals surface area contributed by atoms with Crippen molar-refractivity contribution in [3.05, 3.63) is 106 Å². The highest BCUT2D eigenvalue weighted by Crippen LogP contribution is 2.25. The zero-order valence-corrected chi connectivity index (χ0v) is 28.5. The Kier molecular flexibility index (Phi) is 15.2. The molecule has 3 aromatic rings. The third-order valence-electron chi connectivity index (χ3n) is 7.59. The lowest BCUT2D eigenvalue weighted by molar-refractivity contribution is -0.217. The average Bonchev–Trinajstić information content (AvgIpc) is 3.17. The van der Waals surface area contributed by atoms with E-state index in [-0.39, 0.29) is 23.1 Å². The molecule has 0 saturated heterocycles. The lowest BCUT2D eigenvalue weighted by Crippen LogP contribution is -2.39. The second-order valence-electron chi connectivity index (χ2n) is 11.0. The molecular weight excluding hydrogens is 672 g/mol. The molecule has 0 heterocycles. The van der Waals surface area contributed by atoms with Gasteiger partial charge in [0, 0.05) is 0 Å². The first-order chi connectivity index (χ1) is 24.5. The summed E-state index contributed by atoms with van der Waals surface area (Å²) in [5.41, 5.74) is 1.74. The molecule has 3 aromatic carbocycles. The quantitative estimate of drug-likeness (QED) is 0.0776. The second kappa shape index (κ2) is 19.8. The largest absolute Gasteiger partial charge is 0.549 e. The van der Waals surface area contributed by atoms with Crippen LogP contribution in [0, 0.1) is 5.41 Å². The van der Waals surface area contributed by atoms with Crippen LogP contribution in [-0.2, 0) is 62.8 Å². The monoisotopic (exact) mass is 710 g/mol. The van der Waals surface area contributed by atoms with E-state index in [9.17, 15) is 28.8 Å². The zero-order valence-electron chi connectivity index (χ0n) is 28.5. The molecule has 0 aliphatic rings. The van der Waals surface area contributed by atoms with Crippen LogP contribution in [0.5, 0.6) is 0 Å². The van der Waals surface area contributed by atoms with Crippen molar-refractivity contribution in [3.8, 4) is 0 Å². The van der Waals surface area contributed by atoms with Crippen LogP contribution in [0.3, 0.4) is 0 Å². The molecule has 0 radical (unpaired) electrons. The number of hydrogen-bond acceptors (Lipinski definition) is 15. The Balaban J connectivity index is 1.58. The molecule has 0 aromatic heterocycles. The Morgan fingerprint density at radius 3 is 0.882 bits per heavy atom. The normalized spacial score (nSPS) is 10.6. The average molecular weight is 711 g/mol. The summed E-state index contributed by atoms with van der Waals surface area (Å²) < 4.78 is 15.2. The van der Waals surface area contributed by atoms with Crippen molar-refractivity contribution < 1.29 is 72.3 Å². The van der Waals surface area contributed by atoms with E-state index in [1.807, 2.05) is 20.8 Å². The summed E-state index contributed by atoms with van der Waals surface area (Å²) in [6.07, 6.45) is -2.11. The number of carbonyl (C=O) groups is 6. The lowest BCUT2D eigenvalue weighted by atomic mass is 9.88. The molecule has 0 fully saturated rings. The molecule has 51 heavy (non-hydrogen) atoms. The van der Waals surface area contributed by atoms with Gasteiger partial charge in [0.2, 0.25) is 0 Å². The van der Waals surface area contributed by atoms with Crippen molar-refractivity contribution in [2.45, 2.75) is 53.4 Å². The van der Waals surface area contributed by atoms with Crippen LogP contribution in [0.25, 0.3) is 0 Å². The van der Waals surface area contributed by atoms with Gasteiger partial charge < -0.3 is 14.2 Å². The summed E-state index contributed by atoms with van der Waals surface area (Å²) in [5, 5.41) is 0. The number of ether oxygens (including phenoxy) is 3. The van der Waals surface area contributed by atoms with E-state index in [1.165, 1.54) is 36.4 Å². The van der Waals surface area contributed by atoms with Crippen LogP contribution >= 0.6 is 0 Å². The summed E-state index contributed by atoms with van der Waals surface area (Å²) in [6.45, 7) is 5.47. The lowest BCUT2D eigenvalue weighted by Gasteiger charge is -2.29. The van der Waals surface area contributed by atoms with E-state index in [1.54, 1.807) is 43.3 Å². The SMILES string of the molecule is CCc1ccc(C(=O)OOC(=O)OCC(CC)(COC(=O)OOC(=O)c2ccc(CC)cc2)COC(=O)OOC(=O)c2ccc(CC)cc2)cc1. The maximum absolute atomic E-state index is 12.3. The third kappa shape index (κ3) is 12.7. The van der Waals surface area contributed by atoms with Gasteiger partial charge in [-0.2, -0.15) is 14.4 Å². The fourth-order valence-electron chi connectivity index (χ4n) is 4.13. The molecule has 0 spiro atoms. The minimum absolute atomic E-state index is 0.0114. The number of benzene rings is 3. The predicted octanol–water partition coefficient (Wildman–Crippen LogP) is 6.85. The first-order valence-corrected chi connectivity index (χ1v) is 15.9. The van der Waals surface area contributed by atoms with Gasteiger partial charge in [0.05, 0.1) is 22.1 Å². The molecular formula is C36H38O15. The Hall–Kier alpha value is -6.12. The van der Waals surface area contributed by atoms with Crippen molar-refractivity contribution in [3.63, 3.8) is 0 Å². The van der Waals surface area contributed by atoms with Crippen molar-refractivity contribution in [1.29, 1.82) is 0 Å². The molecule has 0 atom stereocenters. The first kappa shape index (κ1) is 39.3. The molecule has 0 bridgehead atoms. The second-order valence-corrected chi connectivity index (χ2v) is 11.0. The Bertz CT molecular complexity index is 1440. The summed E-state index contributed by atoms with van der Waals surface area (Å²) in [6, 6.07) is 19.2. The van der Waals surface area contributed by atoms with Gasteiger partial charge in [-0.25, -0.2) is 43.7 Å². The maximum atomic E-state index is 12.3. The molecule has 0 aliphatic heterocycles. The molecule has 272 valence electrons. The van der Waals surface area contributed by atoms with E-state index in [0.717, 1.165) is 36.0 Å². The standard InChI is InChI=1S/C36H38O15/c1-5-24-9-15-27(16-10-24)30(37)46-49-33(40)43-21-36(8-4,22-44-34(41)50-47-31(38)28-17-11-25(6-2)12-18-28)23-45-35(42)51-48-32(39)29-19-13-26(7-3)14-20-29/h9-20H,5-8,21-23H2,1-4H3. The van der Waals surface area contributed by atoms with Crippen molar-refractivity contribution in [2.24, 2.45) is 5.41 Å². The molecule has 0 amide bonds. The van der Waals surface area contributed by atoms with Gasteiger partial charge in [-0.15, -0.1) is 0 Å². The fraction of sp³-hybridized carbons (Fsp3) is 0.333. The highest BCUT2D eigenvalue weighted by Gasteiger charge is 2.36. The van der Waals surface area contributed by atoms with Crippen LogP contribution in [-0.4, -0.2) is 56.2 Å². The highest BCUT2D eigenvalue weighted by molar-refractivity contribution is 5.90. The Morgan fingerprint density at radius 2 is 0.667 bits per heavy atom. The molecule has 3 rings (SSSR count). The molecule has 0 saturated carbocycles. The third-order valence-corrected chi connectivity index (χ3v) is 7.59. The first-order valence-electron chi connectivity index (χ1n) is 15.9. The maximum Gasteiger partial charge on any atom is 0.549 e. The van der Waals surface area contributed by atoms with Crippen LogP contribution < -0.4 is 0 Å². The molecule has 0 unspecified atom stereocenters. The fourth-order valence-corrected chi connectivity index (χ4v) is 4.13. The summed E-state index contributed by atoms with van der Waals surface area (Å²) >= 11 is 0. The number of aryl methyl sites for hydroxylation is 3. The molecule has 0 N–H and O–H groups in total. The van der Waals surface area contributed by atoms with Gasteiger partial charge in [0.15, 0.2) is 0 Å². The minimum atomic E-state index is -1.50. The van der Waals surface area contributed by atoms with Gasteiger partial charge in [-0.1, -0.05) is 64.1 Å². The van der Waals surface area contributed by atoms with Crippen molar-refractivity contribution >= 4 is 36.4 Å². The van der Waals surface area contributed by atoms with Crippen LogP contribution in [0.4, 0.5) is 14.4 Å². The predicted molar refractivity (Wildman–Crippen MR) is 174 cm³/mol. The van der Waals surface area contributed by atoms with Crippen LogP contribution in [0.15, 0.2) is 72.8 Å². The van der Waals surface area contributed by atoms with E-state index in [0.29, 0.717) is 0 Å². The number of carbonyl (C=O) groups excluding carboxylic acids is 6. The topological polar surface area (TPSA) is 185 Å². The van der Waals surface area contributed by atoms with Crippen molar-refractivity contribution in [2.75, 3.05) is 19.8 Å². The van der Waals surface area contributed by atoms with Gasteiger partial charge in [0.25, 0.3) is 0 Å². The van der Waals surface area contributed by atoms with Crippen LogP contribution in [0.2, 0.25) is 0 Å². The Morgan fingerprint density at radius 1 is 0.412 bits per heavy atom. The van der Waals surface area contributed by atoms with Gasteiger partial charge in [-0.05, 0) is 78.8 Å². The molecule has 15 nitrogen and oxygen atoms in total. The Labute approximate surface area is 293 Å². The molecule has 15 heteroatoms. The minimum Gasteiger partial charge on any atom is -0.431 e. The summed E-state index contributed by atoms with van der Waals surface area (Å²) in [4.78, 5) is 101. The van der Waals surface area contributed by atoms with Gasteiger partial charge >= 0.3 is 36.4 Å². The number of hydrogen-bond donors (Lipinski definition) is 0.